The van der Waals surface area contributed by atoms with Crippen LogP contribution in [0.15, 0.2) is 5.38 Å². The predicted molar refractivity (Wildman–Crippen MR) is 79.7 cm³/mol. The van der Waals surface area contributed by atoms with Gasteiger partial charge in [-0.2, -0.15) is 0 Å². The third-order valence-corrected chi connectivity index (χ3v) is 5.18. The van der Waals surface area contributed by atoms with E-state index in [1.807, 2.05) is 5.38 Å². The van der Waals surface area contributed by atoms with E-state index in [2.05, 4.69) is 36.2 Å². The van der Waals surface area contributed by atoms with Crippen molar-refractivity contribution in [2.75, 3.05) is 26.0 Å². The summed E-state index contributed by atoms with van der Waals surface area (Å²) in [4.78, 5) is 6.64. The van der Waals surface area contributed by atoms with Crippen LogP contribution in [0.4, 0.5) is 5.13 Å². The van der Waals surface area contributed by atoms with Gasteiger partial charge >= 0.3 is 0 Å². The molecule has 2 unspecified atom stereocenters. The smallest absolute Gasteiger partial charge is 0.184 e. The molecule has 1 fully saturated rings. The van der Waals surface area contributed by atoms with Gasteiger partial charge in [-0.3, -0.25) is 0 Å². The highest BCUT2D eigenvalue weighted by Gasteiger charge is 2.36. The van der Waals surface area contributed by atoms with E-state index in [-0.39, 0.29) is 5.54 Å². The van der Waals surface area contributed by atoms with Gasteiger partial charge in [0.15, 0.2) is 5.13 Å². The number of halogens is 1. The largest absolute Gasteiger partial charge is 0.360 e. The molecule has 5 heteroatoms. The van der Waals surface area contributed by atoms with Crippen LogP contribution in [-0.2, 0) is 0 Å². The molecule has 1 N–H and O–H groups in total. The van der Waals surface area contributed by atoms with E-state index in [1.165, 1.54) is 25.7 Å². The molecule has 1 aliphatic rings. The summed E-state index contributed by atoms with van der Waals surface area (Å²) in [7, 11) is 4.38. The number of nitrogens with one attached hydrogen (secondary N) is 1. The Morgan fingerprint density at radius 2 is 2.39 bits per heavy atom. The molecule has 1 aromatic heterocycles. The maximum Gasteiger partial charge on any atom is 0.184 e. The molecule has 2 rings (SSSR count). The summed E-state index contributed by atoms with van der Waals surface area (Å²) in [5.41, 5.74) is 0.260. The van der Waals surface area contributed by atoms with Gasteiger partial charge in [-0.25, -0.2) is 4.98 Å². The Kier molecular flexibility index (Phi) is 4.51. The van der Waals surface area contributed by atoms with Crippen LogP contribution in [-0.4, -0.2) is 36.1 Å². The molecule has 102 valence electrons. The minimum Gasteiger partial charge on any atom is -0.360 e. The molecule has 0 aliphatic heterocycles. The molecular weight excluding hydrogens is 266 g/mol. The first kappa shape index (κ1) is 14.1. The Labute approximate surface area is 119 Å². The summed E-state index contributed by atoms with van der Waals surface area (Å²) >= 11 is 7.43. The van der Waals surface area contributed by atoms with E-state index in [4.69, 9.17) is 11.6 Å². The fraction of sp³-hybridized carbons (Fsp3) is 0.769. The molecule has 1 aliphatic carbocycles. The van der Waals surface area contributed by atoms with Crippen molar-refractivity contribution in [3.05, 3.63) is 10.5 Å². The Hall–Kier alpha value is -0.320. The Bertz CT molecular complexity index is 393. The van der Waals surface area contributed by atoms with Crippen LogP contribution in [0.2, 0.25) is 5.15 Å². The lowest BCUT2D eigenvalue weighted by molar-refractivity contribution is 0.0882. The molecule has 0 bridgehead atoms. The average Bonchev–Trinajstić information content (AvgIpc) is 2.72. The number of likely N-dealkylation sites (N-methyl/N-ethyl adjacent to an activating group) is 1. The summed E-state index contributed by atoms with van der Waals surface area (Å²) in [6.45, 7) is 3.31. The fourth-order valence-electron chi connectivity index (χ4n) is 2.93. The van der Waals surface area contributed by atoms with Crippen molar-refractivity contribution >= 4 is 28.1 Å². The summed E-state index contributed by atoms with van der Waals surface area (Å²) in [6, 6.07) is 0. The monoisotopic (exact) mass is 287 g/mol. The SMILES string of the molecule is CC1CCCC(CNc2nc(Cl)cs2)(N(C)C)C1. The normalized spacial score (nSPS) is 28.6. The fourth-order valence-corrected chi connectivity index (χ4v) is 3.77. The lowest BCUT2D eigenvalue weighted by atomic mass is 9.75. The van der Waals surface area contributed by atoms with E-state index >= 15 is 0 Å². The van der Waals surface area contributed by atoms with Gasteiger partial charge in [0.2, 0.25) is 0 Å². The molecule has 1 aromatic rings. The van der Waals surface area contributed by atoms with Gasteiger partial charge < -0.3 is 10.2 Å². The Balaban J connectivity index is 2.02. The van der Waals surface area contributed by atoms with Crippen molar-refractivity contribution in [1.82, 2.24) is 9.88 Å². The second-order valence-corrected chi connectivity index (χ2v) is 6.89. The highest BCUT2D eigenvalue weighted by Crippen LogP contribution is 2.36. The molecule has 1 heterocycles. The lowest BCUT2D eigenvalue weighted by Gasteiger charge is -2.45. The van der Waals surface area contributed by atoms with Crippen molar-refractivity contribution in [2.45, 2.75) is 38.1 Å². The van der Waals surface area contributed by atoms with Crippen LogP contribution in [0.25, 0.3) is 0 Å². The minimum absolute atomic E-state index is 0.260. The maximum atomic E-state index is 5.85. The Morgan fingerprint density at radius 3 is 2.94 bits per heavy atom. The highest BCUT2D eigenvalue weighted by molar-refractivity contribution is 7.14. The standard InChI is InChI=1S/C13H22ClN3S/c1-10-5-4-6-13(7-10,17(2)3)9-15-12-16-11(14)8-18-12/h8,10H,4-7,9H2,1-3H3,(H,15,16). The average molecular weight is 288 g/mol. The first-order valence-electron chi connectivity index (χ1n) is 6.54. The van der Waals surface area contributed by atoms with Crippen molar-refractivity contribution in [1.29, 1.82) is 0 Å². The van der Waals surface area contributed by atoms with Crippen LogP contribution in [0.1, 0.15) is 32.6 Å². The van der Waals surface area contributed by atoms with Crippen molar-refractivity contribution in [3.8, 4) is 0 Å². The van der Waals surface area contributed by atoms with Crippen LogP contribution in [0.5, 0.6) is 0 Å². The number of anilines is 1. The van der Waals surface area contributed by atoms with Gasteiger partial charge in [-0.1, -0.05) is 31.4 Å². The number of thiazole rings is 1. The summed E-state index contributed by atoms with van der Waals surface area (Å²) < 4.78 is 0. The summed E-state index contributed by atoms with van der Waals surface area (Å²) in [6.07, 6.45) is 5.20. The zero-order valence-electron chi connectivity index (χ0n) is 11.4. The van der Waals surface area contributed by atoms with Gasteiger partial charge in [0, 0.05) is 17.5 Å². The second kappa shape index (κ2) is 5.76. The third-order valence-electron chi connectivity index (χ3n) is 4.06. The van der Waals surface area contributed by atoms with E-state index in [0.29, 0.717) is 5.15 Å². The molecule has 2 atom stereocenters. The molecule has 0 radical (unpaired) electrons. The zero-order valence-corrected chi connectivity index (χ0v) is 12.9. The second-order valence-electron chi connectivity index (χ2n) is 5.65. The molecule has 0 amide bonds. The van der Waals surface area contributed by atoms with Crippen molar-refractivity contribution < 1.29 is 0 Å². The lowest BCUT2D eigenvalue weighted by Crippen LogP contribution is -2.52. The van der Waals surface area contributed by atoms with Gasteiger partial charge in [0.25, 0.3) is 0 Å². The minimum atomic E-state index is 0.260. The van der Waals surface area contributed by atoms with Crippen LogP contribution < -0.4 is 5.32 Å². The molecule has 0 spiro atoms. The van der Waals surface area contributed by atoms with Crippen molar-refractivity contribution in [2.24, 2.45) is 5.92 Å². The van der Waals surface area contributed by atoms with Crippen LogP contribution in [0, 0.1) is 5.92 Å². The Morgan fingerprint density at radius 1 is 1.61 bits per heavy atom. The number of aromatic nitrogens is 1. The third kappa shape index (κ3) is 3.16. The van der Waals surface area contributed by atoms with Gasteiger partial charge in [-0.05, 0) is 32.9 Å². The van der Waals surface area contributed by atoms with Crippen molar-refractivity contribution in [3.63, 3.8) is 0 Å². The maximum absolute atomic E-state index is 5.85. The molecule has 0 saturated heterocycles. The predicted octanol–water partition coefficient (Wildman–Crippen LogP) is 3.72. The van der Waals surface area contributed by atoms with Gasteiger partial charge in [-0.15, -0.1) is 11.3 Å². The van der Waals surface area contributed by atoms with E-state index in [9.17, 15) is 0 Å². The number of hydrogen-bond donors (Lipinski definition) is 1. The molecule has 1 saturated carbocycles. The van der Waals surface area contributed by atoms with Crippen LogP contribution >= 0.6 is 22.9 Å². The number of rotatable bonds is 4. The molecule has 3 nitrogen and oxygen atoms in total. The molecule has 0 aromatic carbocycles. The number of nitrogens with zero attached hydrogens (tertiary/aromatic N) is 2. The molecule has 18 heavy (non-hydrogen) atoms. The van der Waals surface area contributed by atoms with E-state index in [0.717, 1.165) is 17.6 Å². The van der Waals surface area contributed by atoms with Gasteiger partial charge in [0.05, 0.1) is 0 Å². The first-order chi connectivity index (χ1) is 8.52. The van der Waals surface area contributed by atoms with E-state index in [1.54, 1.807) is 11.3 Å². The summed E-state index contributed by atoms with van der Waals surface area (Å²) in [5.74, 6) is 0.808. The van der Waals surface area contributed by atoms with Gasteiger partial charge in [0.1, 0.15) is 5.15 Å². The topological polar surface area (TPSA) is 28.2 Å². The number of hydrogen-bond acceptors (Lipinski definition) is 4. The first-order valence-corrected chi connectivity index (χ1v) is 7.80. The quantitative estimate of drug-likeness (QED) is 0.915. The van der Waals surface area contributed by atoms with E-state index < -0.39 is 0 Å². The molecular formula is C13H22ClN3S. The highest BCUT2D eigenvalue weighted by atomic mass is 35.5. The zero-order chi connectivity index (χ0) is 13.2. The summed E-state index contributed by atoms with van der Waals surface area (Å²) in [5, 5.41) is 6.84. The van der Waals surface area contributed by atoms with Crippen LogP contribution in [0.3, 0.4) is 0 Å².